The highest BCUT2D eigenvalue weighted by molar-refractivity contribution is 5.76. The number of ether oxygens (including phenoxy) is 1. The minimum absolute atomic E-state index is 0.0936. The van der Waals surface area contributed by atoms with Crippen LogP contribution in [0.5, 0.6) is 5.75 Å². The molecule has 1 saturated heterocycles. The molecule has 25 heavy (non-hydrogen) atoms. The van der Waals surface area contributed by atoms with Gasteiger partial charge in [0.2, 0.25) is 5.91 Å². The Morgan fingerprint density at radius 3 is 2.88 bits per heavy atom. The van der Waals surface area contributed by atoms with Crippen molar-refractivity contribution in [3.63, 3.8) is 0 Å². The Hall–Kier alpha value is -2.37. The van der Waals surface area contributed by atoms with E-state index in [4.69, 9.17) is 4.74 Å². The fraction of sp³-hybridized carbons (Fsp3) is 0.474. The van der Waals surface area contributed by atoms with E-state index in [1.54, 1.807) is 24.5 Å². The van der Waals surface area contributed by atoms with Crippen LogP contribution in [0.3, 0.4) is 0 Å². The fourth-order valence-electron chi connectivity index (χ4n) is 3.15. The molecule has 1 aliphatic heterocycles. The van der Waals surface area contributed by atoms with Gasteiger partial charge in [0, 0.05) is 24.7 Å². The highest BCUT2D eigenvalue weighted by Crippen LogP contribution is 2.21. The van der Waals surface area contributed by atoms with Crippen LogP contribution >= 0.6 is 0 Å². The van der Waals surface area contributed by atoms with Crippen LogP contribution < -0.4 is 4.74 Å². The Morgan fingerprint density at radius 1 is 1.36 bits per heavy atom. The maximum atomic E-state index is 13.6. The molecule has 1 aliphatic rings. The number of likely N-dealkylation sites (tertiary alicyclic amines) is 1. The molecule has 3 rings (SSSR count). The number of imidazole rings is 1. The number of benzene rings is 1. The predicted octanol–water partition coefficient (Wildman–Crippen LogP) is 2.96. The Bertz CT molecular complexity index is 744. The van der Waals surface area contributed by atoms with E-state index in [1.807, 2.05) is 23.3 Å². The van der Waals surface area contributed by atoms with Gasteiger partial charge in [0.1, 0.15) is 6.54 Å². The minimum Gasteiger partial charge on any atom is -0.490 e. The van der Waals surface area contributed by atoms with Gasteiger partial charge < -0.3 is 14.2 Å². The average Bonchev–Trinajstić information content (AvgIpc) is 2.93. The number of aryl methyl sites for hydroxylation is 1. The van der Waals surface area contributed by atoms with Crippen LogP contribution in [0, 0.1) is 25.6 Å². The molecule has 1 atom stereocenters. The maximum absolute atomic E-state index is 13.6. The Balaban J connectivity index is 1.54. The van der Waals surface area contributed by atoms with Crippen molar-refractivity contribution in [3.05, 3.63) is 47.8 Å². The van der Waals surface area contributed by atoms with Gasteiger partial charge in [-0.15, -0.1) is 0 Å². The Morgan fingerprint density at radius 2 is 2.16 bits per heavy atom. The molecular weight excluding hydrogens is 321 g/mol. The van der Waals surface area contributed by atoms with Gasteiger partial charge in [-0.3, -0.25) is 4.79 Å². The minimum atomic E-state index is -0.350. The predicted molar refractivity (Wildman–Crippen MR) is 92.9 cm³/mol. The third-order valence-corrected chi connectivity index (χ3v) is 4.83. The van der Waals surface area contributed by atoms with Crippen molar-refractivity contribution in [2.45, 2.75) is 33.2 Å². The van der Waals surface area contributed by atoms with E-state index < -0.39 is 0 Å². The molecule has 6 heteroatoms. The molecule has 0 spiro atoms. The topological polar surface area (TPSA) is 47.4 Å². The summed E-state index contributed by atoms with van der Waals surface area (Å²) >= 11 is 0. The van der Waals surface area contributed by atoms with Gasteiger partial charge in [-0.05, 0) is 38.8 Å². The number of nitrogens with zero attached hydrogens (tertiary/aromatic N) is 3. The summed E-state index contributed by atoms with van der Waals surface area (Å²) in [5.41, 5.74) is 1.97. The number of aromatic nitrogens is 2. The Labute approximate surface area is 147 Å². The van der Waals surface area contributed by atoms with Gasteiger partial charge in [0.15, 0.2) is 11.6 Å². The van der Waals surface area contributed by atoms with Gasteiger partial charge in [0.25, 0.3) is 0 Å². The lowest BCUT2D eigenvalue weighted by Gasteiger charge is -2.33. The van der Waals surface area contributed by atoms with Crippen LogP contribution in [0.25, 0.3) is 0 Å². The van der Waals surface area contributed by atoms with Crippen molar-refractivity contribution < 1.29 is 13.9 Å². The molecule has 0 bridgehead atoms. The monoisotopic (exact) mass is 345 g/mol. The van der Waals surface area contributed by atoms with Gasteiger partial charge in [-0.25, -0.2) is 9.37 Å². The second kappa shape index (κ2) is 7.68. The zero-order valence-electron chi connectivity index (χ0n) is 14.7. The summed E-state index contributed by atoms with van der Waals surface area (Å²) in [7, 11) is 0. The summed E-state index contributed by atoms with van der Waals surface area (Å²) in [6.45, 7) is 6.06. The van der Waals surface area contributed by atoms with Crippen LogP contribution in [0.2, 0.25) is 0 Å². The van der Waals surface area contributed by atoms with Crippen LogP contribution in [0.1, 0.15) is 24.2 Å². The number of piperidine rings is 1. The van der Waals surface area contributed by atoms with E-state index in [0.717, 1.165) is 30.8 Å². The van der Waals surface area contributed by atoms with Crippen molar-refractivity contribution in [2.24, 2.45) is 5.92 Å². The Kier molecular flexibility index (Phi) is 5.36. The molecule has 1 aromatic carbocycles. The molecule has 2 aromatic rings. The van der Waals surface area contributed by atoms with Crippen molar-refractivity contribution >= 4 is 5.91 Å². The lowest BCUT2D eigenvalue weighted by molar-refractivity contribution is -0.133. The van der Waals surface area contributed by atoms with Gasteiger partial charge in [-0.2, -0.15) is 0 Å². The number of hydrogen-bond donors (Lipinski definition) is 0. The van der Waals surface area contributed by atoms with Crippen LogP contribution in [-0.4, -0.2) is 40.1 Å². The smallest absolute Gasteiger partial charge is 0.242 e. The molecule has 0 saturated carbocycles. The van der Waals surface area contributed by atoms with E-state index in [-0.39, 0.29) is 23.4 Å². The summed E-state index contributed by atoms with van der Waals surface area (Å²) in [6.07, 6.45) is 3.64. The number of rotatable bonds is 5. The zero-order valence-corrected chi connectivity index (χ0v) is 14.7. The molecule has 0 aliphatic carbocycles. The van der Waals surface area contributed by atoms with Crippen molar-refractivity contribution in [2.75, 3.05) is 19.7 Å². The van der Waals surface area contributed by atoms with Crippen molar-refractivity contribution in [1.82, 2.24) is 14.5 Å². The first-order valence-corrected chi connectivity index (χ1v) is 8.68. The standard InChI is InChI=1S/C19H24FN3O2/c1-14-15(2)23(13-21-14)11-19(24)22-9-5-6-16(10-22)12-25-18-8-4-3-7-17(18)20/h3-4,7-8,13,16H,5-6,9-12H2,1-2H3/t16-/m0/s1. The summed E-state index contributed by atoms with van der Waals surface area (Å²) < 4.78 is 21.1. The van der Waals surface area contributed by atoms with Crippen molar-refractivity contribution in [3.8, 4) is 5.75 Å². The third-order valence-electron chi connectivity index (χ3n) is 4.83. The van der Waals surface area contributed by atoms with Gasteiger partial charge in [0.05, 0.1) is 18.6 Å². The number of hydrogen-bond acceptors (Lipinski definition) is 3. The largest absolute Gasteiger partial charge is 0.490 e. The highest BCUT2D eigenvalue weighted by Gasteiger charge is 2.24. The van der Waals surface area contributed by atoms with Gasteiger partial charge in [-0.1, -0.05) is 12.1 Å². The second-order valence-electron chi connectivity index (χ2n) is 6.63. The first-order chi connectivity index (χ1) is 12.0. The molecule has 134 valence electrons. The molecule has 5 nitrogen and oxygen atoms in total. The van der Waals surface area contributed by atoms with E-state index in [1.165, 1.54) is 6.07 Å². The molecule has 0 radical (unpaired) electrons. The maximum Gasteiger partial charge on any atom is 0.242 e. The first kappa shape index (κ1) is 17.5. The van der Waals surface area contributed by atoms with E-state index in [0.29, 0.717) is 19.7 Å². The van der Waals surface area contributed by atoms with Crippen LogP contribution in [-0.2, 0) is 11.3 Å². The molecule has 0 unspecified atom stereocenters. The quantitative estimate of drug-likeness (QED) is 0.837. The molecule has 0 N–H and O–H groups in total. The SMILES string of the molecule is Cc1ncn(CC(=O)N2CCC[C@H](COc3ccccc3F)C2)c1C. The molecule has 1 amide bonds. The number of halogens is 1. The first-order valence-electron chi connectivity index (χ1n) is 8.68. The van der Waals surface area contributed by atoms with E-state index >= 15 is 0 Å². The van der Waals surface area contributed by atoms with Crippen molar-refractivity contribution in [1.29, 1.82) is 0 Å². The molecular formula is C19H24FN3O2. The van der Waals surface area contributed by atoms with E-state index in [9.17, 15) is 9.18 Å². The highest BCUT2D eigenvalue weighted by atomic mass is 19.1. The van der Waals surface area contributed by atoms with Gasteiger partial charge >= 0.3 is 0 Å². The molecule has 1 aromatic heterocycles. The lowest BCUT2D eigenvalue weighted by atomic mass is 9.99. The number of carbonyl (C=O) groups excluding carboxylic acids is 1. The average molecular weight is 345 g/mol. The normalized spacial score (nSPS) is 17.6. The van der Waals surface area contributed by atoms with Crippen LogP contribution in [0.15, 0.2) is 30.6 Å². The summed E-state index contributed by atoms with van der Waals surface area (Å²) in [5.74, 6) is 0.242. The molecule has 2 heterocycles. The third kappa shape index (κ3) is 4.18. The van der Waals surface area contributed by atoms with Crippen LogP contribution in [0.4, 0.5) is 4.39 Å². The fourth-order valence-corrected chi connectivity index (χ4v) is 3.15. The number of para-hydroxylation sites is 1. The van der Waals surface area contributed by atoms with E-state index in [2.05, 4.69) is 4.98 Å². The zero-order chi connectivity index (χ0) is 17.8. The summed E-state index contributed by atoms with van der Waals surface area (Å²) in [6, 6.07) is 6.42. The summed E-state index contributed by atoms with van der Waals surface area (Å²) in [5, 5.41) is 0. The lowest BCUT2D eigenvalue weighted by Crippen LogP contribution is -2.43. The summed E-state index contributed by atoms with van der Waals surface area (Å²) in [4.78, 5) is 18.7. The molecule has 1 fully saturated rings. The second-order valence-corrected chi connectivity index (χ2v) is 6.63. The number of amides is 1. The number of carbonyl (C=O) groups is 1.